The molecule has 1 saturated heterocycles. The maximum Gasteiger partial charge on any atom is 0.319 e. The molecule has 25 heavy (non-hydrogen) atoms. The van der Waals surface area contributed by atoms with Crippen LogP contribution in [0.2, 0.25) is 0 Å². The zero-order valence-electron chi connectivity index (χ0n) is 14.1. The Balaban J connectivity index is 1.58. The van der Waals surface area contributed by atoms with Crippen molar-refractivity contribution in [2.45, 2.75) is 19.4 Å². The number of benzene rings is 1. The lowest BCUT2D eigenvalue weighted by Gasteiger charge is -2.19. The standard InChI is InChI=1S/C18H21FN4O2/c1-25-17-13(5-4-8-20-17)12-21-18(24)22-14-6-7-16(15(19)11-14)23-9-2-3-10-23/h4-8,11H,2-3,9-10,12H2,1H3,(H2,21,22,24). The van der Waals surface area contributed by atoms with E-state index in [2.05, 4.69) is 15.6 Å². The van der Waals surface area contributed by atoms with E-state index in [9.17, 15) is 9.18 Å². The van der Waals surface area contributed by atoms with Crippen LogP contribution in [0.5, 0.6) is 5.88 Å². The van der Waals surface area contributed by atoms with Crippen LogP contribution in [0.15, 0.2) is 36.5 Å². The van der Waals surface area contributed by atoms with Crippen molar-refractivity contribution in [3.05, 3.63) is 47.9 Å². The minimum atomic E-state index is -0.417. The quantitative estimate of drug-likeness (QED) is 0.874. The molecule has 0 aliphatic carbocycles. The third-order valence-electron chi connectivity index (χ3n) is 4.14. The number of carbonyl (C=O) groups excluding carboxylic acids is 1. The minimum Gasteiger partial charge on any atom is -0.481 e. The molecule has 7 heteroatoms. The van der Waals surface area contributed by atoms with Gasteiger partial charge < -0.3 is 20.3 Å². The molecular weight excluding hydrogens is 323 g/mol. The summed E-state index contributed by atoms with van der Waals surface area (Å²) in [6.45, 7) is 2.01. The molecule has 132 valence electrons. The normalized spacial score (nSPS) is 13.6. The highest BCUT2D eigenvalue weighted by molar-refractivity contribution is 5.89. The fourth-order valence-corrected chi connectivity index (χ4v) is 2.89. The summed E-state index contributed by atoms with van der Waals surface area (Å²) >= 11 is 0. The van der Waals surface area contributed by atoms with Crippen LogP contribution in [0.1, 0.15) is 18.4 Å². The monoisotopic (exact) mass is 344 g/mol. The maximum atomic E-state index is 14.3. The summed E-state index contributed by atoms with van der Waals surface area (Å²) in [5.74, 6) is 0.137. The smallest absolute Gasteiger partial charge is 0.319 e. The Morgan fingerprint density at radius 2 is 2.12 bits per heavy atom. The van der Waals surface area contributed by atoms with Gasteiger partial charge in [-0.05, 0) is 37.1 Å². The molecule has 1 fully saturated rings. The van der Waals surface area contributed by atoms with Crippen LogP contribution < -0.4 is 20.3 Å². The average Bonchev–Trinajstić information content (AvgIpc) is 3.14. The van der Waals surface area contributed by atoms with Gasteiger partial charge in [-0.1, -0.05) is 6.07 Å². The van der Waals surface area contributed by atoms with Gasteiger partial charge in [0.25, 0.3) is 0 Å². The Labute approximate surface area is 146 Å². The van der Waals surface area contributed by atoms with Crippen LogP contribution in [0, 0.1) is 5.82 Å². The molecule has 2 aromatic rings. The molecule has 2 heterocycles. The second kappa shape index (κ2) is 7.83. The first-order chi connectivity index (χ1) is 12.2. The van der Waals surface area contributed by atoms with E-state index in [1.54, 1.807) is 24.4 Å². The largest absolute Gasteiger partial charge is 0.481 e. The molecule has 2 amide bonds. The van der Waals surface area contributed by atoms with E-state index in [4.69, 9.17) is 4.74 Å². The number of anilines is 2. The Bertz CT molecular complexity index is 748. The predicted molar refractivity (Wildman–Crippen MR) is 94.5 cm³/mol. The number of hydrogen-bond acceptors (Lipinski definition) is 4. The molecule has 0 spiro atoms. The van der Waals surface area contributed by atoms with Crippen molar-refractivity contribution in [1.82, 2.24) is 10.3 Å². The second-order valence-electron chi connectivity index (χ2n) is 5.84. The maximum absolute atomic E-state index is 14.3. The van der Waals surface area contributed by atoms with Gasteiger partial charge in [0.1, 0.15) is 5.82 Å². The molecule has 3 rings (SSSR count). The number of carbonyl (C=O) groups is 1. The van der Waals surface area contributed by atoms with Gasteiger partial charge in [0.05, 0.1) is 12.8 Å². The number of halogens is 1. The van der Waals surface area contributed by atoms with Crippen LogP contribution in [-0.2, 0) is 6.54 Å². The van der Waals surface area contributed by atoms with Crippen molar-refractivity contribution < 1.29 is 13.9 Å². The highest BCUT2D eigenvalue weighted by Gasteiger charge is 2.16. The van der Waals surface area contributed by atoms with E-state index in [1.165, 1.54) is 13.2 Å². The van der Waals surface area contributed by atoms with Gasteiger partial charge in [-0.15, -0.1) is 0 Å². The highest BCUT2D eigenvalue weighted by atomic mass is 19.1. The molecule has 0 radical (unpaired) electrons. The predicted octanol–water partition coefficient (Wildman–Crippen LogP) is 3.15. The molecule has 0 unspecified atom stereocenters. The minimum absolute atomic E-state index is 0.261. The SMILES string of the molecule is COc1ncccc1CNC(=O)Nc1ccc(N2CCCC2)c(F)c1. The highest BCUT2D eigenvalue weighted by Crippen LogP contribution is 2.26. The Morgan fingerprint density at radius 1 is 1.32 bits per heavy atom. The second-order valence-corrected chi connectivity index (χ2v) is 5.84. The average molecular weight is 344 g/mol. The number of urea groups is 1. The van der Waals surface area contributed by atoms with Gasteiger partial charge in [0.15, 0.2) is 0 Å². The topological polar surface area (TPSA) is 66.5 Å². The first-order valence-corrected chi connectivity index (χ1v) is 8.24. The van der Waals surface area contributed by atoms with Crippen LogP contribution >= 0.6 is 0 Å². The molecular formula is C18H21FN4O2. The summed E-state index contributed by atoms with van der Waals surface area (Å²) in [6.07, 6.45) is 3.78. The van der Waals surface area contributed by atoms with Crippen molar-refractivity contribution in [2.75, 3.05) is 30.4 Å². The lowest BCUT2D eigenvalue weighted by atomic mass is 10.2. The summed E-state index contributed by atoms with van der Waals surface area (Å²) in [6, 6.07) is 7.93. The van der Waals surface area contributed by atoms with Gasteiger partial charge >= 0.3 is 6.03 Å². The Morgan fingerprint density at radius 3 is 2.84 bits per heavy atom. The van der Waals surface area contributed by atoms with Gasteiger partial charge in [-0.2, -0.15) is 0 Å². The van der Waals surface area contributed by atoms with E-state index < -0.39 is 6.03 Å². The third-order valence-corrected chi connectivity index (χ3v) is 4.14. The summed E-state index contributed by atoms with van der Waals surface area (Å²) in [5, 5.41) is 5.35. The van der Waals surface area contributed by atoms with E-state index in [-0.39, 0.29) is 12.4 Å². The molecule has 1 aliphatic rings. The van der Waals surface area contributed by atoms with E-state index in [0.29, 0.717) is 17.3 Å². The molecule has 0 saturated carbocycles. The summed E-state index contributed by atoms with van der Waals surface area (Å²) in [4.78, 5) is 18.1. The summed E-state index contributed by atoms with van der Waals surface area (Å²) < 4.78 is 19.4. The van der Waals surface area contributed by atoms with Gasteiger partial charge in [-0.3, -0.25) is 0 Å². The van der Waals surface area contributed by atoms with Crippen LogP contribution in [-0.4, -0.2) is 31.2 Å². The number of aromatic nitrogens is 1. The molecule has 1 aliphatic heterocycles. The number of nitrogens with one attached hydrogen (secondary N) is 2. The fourth-order valence-electron chi connectivity index (χ4n) is 2.89. The number of rotatable bonds is 5. The van der Waals surface area contributed by atoms with Crippen LogP contribution in [0.3, 0.4) is 0 Å². The number of nitrogens with zero attached hydrogens (tertiary/aromatic N) is 2. The van der Waals surface area contributed by atoms with Gasteiger partial charge in [0.2, 0.25) is 5.88 Å². The molecule has 0 atom stereocenters. The number of methoxy groups -OCH3 is 1. The van der Waals surface area contributed by atoms with E-state index >= 15 is 0 Å². The van der Waals surface area contributed by atoms with Crippen molar-refractivity contribution in [3.63, 3.8) is 0 Å². The van der Waals surface area contributed by atoms with Gasteiger partial charge in [0, 0.05) is 37.1 Å². The molecule has 0 bridgehead atoms. The molecule has 2 N–H and O–H groups in total. The Hall–Kier alpha value is -2.83. The number of hydrogen-bond donors (Lipinski definition) is 2. The number of pyridine rings is 1. The molecule has 6 nitrogen and oxygen atoms in total. The first-order valence-electron chi connectivity index (χ1n) is 8.24. The third kappa shape index (κ3) is 4.17. The first kappa shape index (κ1) is 17.0. The van der Waals surface area contributed by atoms with Crippen molar-refractivity contribution in [3.8, 4) is 5.88 Å². The van der Waals surface area contributed by atoms with Crippen molar-refractivity contribution in [2.24, 2.45) is 0 Å². The Kier molecular flexibility index (Phi) is 5.33. The van der Waals surface area contributed by atoms with E-state index in [0.717, 1.165) is 31.5 Å². The summed E-state index contributed by atoms with van der Waals surface area (Å²) in [5.41, 5.74) is 1.76. The van der Waals surface area contributed by atoms with Gasteiger partial charge in [-0.25, -0.2) is 14.2 Å². The summed E-state index contributed by atoms with van der Waals surface area (Å²) in [7, 11) is 1.52. The fraction of sp³-hybridized carbons (Fsp3) is 0.333. The van der Waals surface area contributed by atoms with E-state index in [1.807, 2.05) is 11.0 Å². The molecule has 1 aromatic carbocycles. The van der Waals surface area contributed by atoms with Crippen LogP contribution in [0.25, 0.3) is 0 Å². The van der Waals surface area contributed by atoms with Crippen molar-refractivity contribution >= 4 is 17.4 Å². The molecule has 1 aromatic heterocycles. The number of ether oxygens (including phenoxy) is 1. The number of amides is 2. The zero-order valence-corrected chi connectivity index (χ0v) is 14.1. The zero-order chi connectivity index (χ0) is 17.6. The van der Waals surface area contributed by atoms with Crippen molar-refractivity contribution in [1.29, 1.82) is 0 Å². The lowest BCUT2D eigenvalue weighted by Crippen LogP contribution is -2.28. The lowest BCUT2D eigenvalue weighted by molar-refractivity contribution is 0.251. The van der Waals surface area contributed by atoms with Crippen LogP contribution in [0.4, 0.5) is 20.6 Å².